The first-order valence-corrected chi connectivity index (χ1v) is 14.0. The lowest BCUT2D eigenvalue weighted by atomic mass is 10.1. The van der Waals surface area contributed by atoms with Crippen LogP contribution in [0.25, 0.3) is 0 Å². The van der Waals surface area contributed by atoms with Crippen molar-refractivity contribution in [3.8, 4) is 0 Å². The molecule has 0 spiro atoms. The maximum Gasteiger partial charge on any atom is 0.102 e. The smallest absolute Gasteiger partial charge is 0.102 e. The average Bonchev–Trinajstić information content (AvgIpc) is 2.80. The third-order valence-corrected chi connectivity index (χ3v) is 6.73. The molecule has 0 amide bonds. The second kappa shape index (κ2) is 30.8. The van der Waals surface area contributed by atoms with Gasteiger partial charge in [0.2, 0.25) is 0 Å². The van der Waals surface area contributed by atoms with Crippen LogP contribution < -0.4 is 0 Å². The Morgan fingerprint density at radius 2 is 0.750 bits per heavy atom. The Bertz CT molecular complexity index is 272. The van der Waals surface area contributed by atoms with Crippen molar-refractivity contribution in [3.63, 3.8) is 0 Å². The predicted molar refractivity (Wildman–Crippen MR) is 142 cm³/mol. The molecule has 0 heterocycles. The summed E-state index contributed by atoms with van der Waals surface area (Å²) in [5.74, 6) is 0. The molecule has 0 aromatic carbocycles. The zero-order valence-corrected chi connectivity index (χ0v) is 23.0. The molecule has 0 fully saturated rings. The van der Waals surface area contributed by atoms with Crippen LogP contribution in [0.15, 0.2) is 0 Å². The summed E-state index contributed by atoms with van der Waals surface area (Å²) < 4.78 is 6.90. The van der Waals surface area contributed by atoms with Crippen LogP contribution in [-0.2, 0) is 4.74 Å². The van der Waals surface area contributed by atoms with Crippen LogP contribution in [0.5, 0.6) is 0 Å². The van der Waals surface area contributed by atoms with E-state index in [4.69, 9.17) is 9.84 Å². The minimum atomic E-state index is 0. The molecule has 0 saturated heterocycles. The summed E-state index contributed by atoms with van der Waals surface area (Å²) in [6, 6.07) is 0. The van der Waals surface area contributed by atoms with Crippen LogP contribution in [0.1, 0.15) is 136 Å². The Hall–Kier alpha value is -0.160. The average molecular weight is 462 g/mol. The van der Waals surface area contributed by atoms with Gasteiger partial charge in [0.15, 0.2) is 0 Å². The summed E-state index contributed by atoms with van der Waals surface area (Å²) in [5, 5.41) is 7.00. The molecule has 0 aromatic heterocycles. The maximum atomic E-state index is 7.00. The molecule has 2 N–H and O–H groups in total. The number of hydrogen-bond acceptors (Lipinski definition) is 3. The lowest BCUT2D eigenvalue weighted by Crippen LogP contribution is -2.52. The van der Waals surface area contributed by atoms with Crippen molar-refractivity contribution in [1.29, 1.82) is 0 Å². The number of hydrogen-bond donors (Lipinski definition) is 1. The van der Waals surface area contributed by atoms with Crippen molar-refractivity contribution < 1.29 is 19.8 Å². The summed E-state index contributed by atoms with van der Waals surface area (Å²) in [5.41, 5.74) is 0. The van der Waals surface area contributed by atoms with Crippen LogP contribution in [-0.4, -0.2) is 62.1 Å². The van der Waals surface area contributed by atoms with Gasteiger partial charge >= 0.3 is 0 Å². The molecule has 0 aliphatic carbocycles. The van der Waals surface area contributed by atoms with Gasteiger partial charge in [-0.1, -0.05) is 97.8 Å². The highest BCUT2D eigenvalue weighted by Gasteiger charge is 2.25. The van der Waals surface area contributed by atoms with Crippen LogP contribution in [0.2, 0.25) is 0 Å². The monoisotopic (exact) mass is 461 g/mol. The van der Waals surface area contributed by atoms with E-state index in [9.17, 15) is 0 Å². The predicted octanol–water partition coefficient (Wildman–Crippen LogP) is 7.96. The van der Waals surface area contributed by atoms with Crippen LogP contribution in [0.4, 0.5) is 0 Å². The fourth-order valence-corrected chi connectivity index (χ4v) is 4.64. The van der Waals surface area contributed by atoms with Crippen molar-refractivity contribution in [2.24, 2.45) is 0 Å². The molecule has 0 aromatic rings. The summed E-state index contributed by atoms with van der Waals surface area (Å²) in [6.07, 6.45) is 25.5. The Balaban J connectivity index is -0.00000272. The number of unbranched alkanes of at least 4 members (excludes halogenated alkanes) is 15. The lowest BCUT2D eigenvalue weighted by molar-refractivity contribution is -0.929. The Kier molecular flexibility index (Phi) is 35.1. The van der Waals surface area contributed by atoms with E-state index >= 15 is 0 Å². The van der Waals surface area contributed by atoms with Crippen LogP contribution in [0.3, 0.4) is 0 Å². The SMILES string of the molecule is CCCCCCCC[N+](CCCCCCCC)(CCCCCCCC)CCOC.CO.[OH-]. The molecule has 0 radical (unpaired) electrons. The molecule has 0 unspecified atom stereocenters. The third kappa shape index (κ3) is 24.5. The number of quaternary nitrogens is 1. The highest BCUT2D eigenvalue weighted by Crippen LogP contribution is 2.18. The topological polar surface area (TPSA) is 59.5 Å². The standard InChI is InChI=1S/C27H58NO.CH4O.H2O/c1-5-8-11-14-17-20-23-28(26-27-29-4,24-21-18-15-12-9-6-2)25-22-19-16-13-10-7-3;1-2;/h5-27H2,1-4H3;2H,1H3;1H2/q+1;;/p-1. The van der Waals surface area contributed by atoms with E-state index in [1.807, 2.05) is 7.11 Å². The van der Waals surface area contributed by atoms with Crippen molar-refractivity contribution >= 4 is 0 Å². The molecule has 0 bridgehead atoms. The van der Waals surface area contributed by atoms with Crippen LogP contribution >= 0.6 is 0 Å². The van der Waals surface area contributed by atoms with Crippen molar-refractivity contribution in [2.45, 2.75) is 136 Å². The zero-order chi connectivity index (χ0) is 23.5. The van der Waals surface area contributed by atoms with Crippen molar-refractivity contribution in [3.05, 3.63) is 0 Å². The van der Waals surface area contributed by atoms with E-state index in [1.165, 1.54) is 146 Å². The Morgan fingerprint density at radius 1 is 0.469 bits per heavy atom. The molecule has 32 heavy (non-hydrogen) atoms. The number of aliphatic hydroxyl groups is 1. The highest BCUT2D eigenvalue weighted by atomic mass is 16.5. The zero-order valence-electron chi connectivity index (χ0n) is 23.0. The van der Waals surface area contributed by atoms with Crippen molar-refractivity contribution in [2.75, 3.05) is 47.0 Å². The van der Waals surface area contributed by atoms with E-state index < -0.39 is 0 Å². The number of rotatable bonds is 24. The molecular weight excluding hydrogens is 398 g/mol. The largest absolute Gasteiger partial charge is 0.870 e. The van der Waals surface area contributed by atoms with Gasteiger partial charge in [0.25, 0.3) is 0 Å². The normalized spacial score (nSPS) is 11.1. The first-order valence-electron chi connectivity index (χ1n) is 14.0. The maximum absolute atomic E-state index is 7.00. The molecule has 0 aliphatic rings. The van der Waals surface area contributed by atoms with Gasteiger partial charge in [-0.3, -0.25) is 0 Å². The molecule has 4 nitrogen and oxygen atoms in total. The van der Waals surface area contributed by atoms with Gasteiger partial charge in [0.05, 0.1) is 26.2 Å². The van der Waals surface area contributed by atoms with Gasteiger partial charge < -0.3 is 19.8 Å². The molecule has 0 aliphatic heterocycles. The van der Waals surface area contributed by atoms with E-state index in [-0.39, 0.29) is 5.48 Å². The van der Waals surface area contributed by atoms with Crippen LogP contribution in [0, 0.1) is 0 Å². The Morgan fingerprint density at radius 3 is 1.03 bits per heavy atom. The minimum absolute atomic E-state index is 0. The summed E-state index contributed by atoms with van der Waals surface area (Å²) >= 11 is 0. The van der Waals surface area contributed by atoms with Crippen molar-refractivity contribution in [1.82, 2.24) is 0 Å². The van der Waals surface area contributed by atoms with E-state index in [0.29, 0.717) is 0 Å². The summed E-state index contributed by atoms with van der Waals surface area (Å²) in [7, 11) is 2.88. The summed E-state index contributed by atoms with van der Waals surface area (Å²) in [6.45, 7) is 13.3. The highest BCUT2D eigenvalue weighted by molar-refractivity contribution is 4.53. The lowest BCUT2D eigenvalue weighted by Gasteiger charge is -2.39. The van der Waals surface area contributed by atoms with E-state index in [1.54, 1.807) is 0 Å². The van der Waals surface area contributed by atoms with E-state index in [0.717, 1.165) is 13.7 Å². The van der Waals surface area contributed by atoms with Gasteiger partial charge in [0, 0.05) is 14.2 Å². The minimum Gasteiger partial charge on any atom is -0.870 e. The number of aliphatic hydroxyl groups excluding tert-OH is 1. The fraction of sp³-hybridized carbons (Fsp3) is 1.00. The van der Waals surface area contributed by atoms with Gasteiger partial charge in [-0.15, -0.1) is 0 Å². The van der Waals surface area contributed by atoms with Gasteiger partial charge in [-0.25, -0.2) is 0 Å². The number of nitrogens with zero attached hydrogens (tertiary/aromatic N) is 1. The molecular formula is C28H63NO3. The molecule has 0 saturated carbocycles. The molecule has 0 rings (SSSR count). The van der Waals surface area contributed by atoms with Gasteiger partial charge in [-0.2, -0.15) is 0 Å². The number of methoxy groups -OCH3 is 1. The second-order valence-corrected chi connectivity index (χ2v) is 9.53. The quantitative estimate of drug-likeness (QED) is 0.117. The van der Waals surface area contributed by atoms with Gasteiger partial charge in [0.1, 0.15) is 6.54 Å². The third-order valence-electron chi connectivity index (χ3n) is 6.73. The molecule has 4 heteroatoms. The Labute approximate surface area is 203 Å². The second-order valence-electron chi connectivity index (χ2n) is 9.53. The first-order chi connectivity index (χ1) is 15.2. The number of ether oxygens (including phenoxy) is 1. The molecule has 198 valence electrons. The molecule has 0 atom stereocenters. The fourth-order valence-electron chi connectivity index (χ4n) is 4.64. The van der Waals surface area contributed by atoms with Gasteiger partial charge in [-0.05, 0) is 38.5 Å². The van der Waals surface area contributed by atoms with E-state index in [2.05, 4.69) is 20.8 Å². The summed E-state index contributed by atoms with van der Waals surface area (Å²) in [4.78, 5) is 0. The first kappa shape index (κ1) is 36.4.